The third kappa shape index (κ3) is 5.52. The van der Waals surface area contributed by atoms with E-state index in [0.717, 1.165) is 36.3 Å². The zero-order chi connectivity index (χ0) is 15.1. The van der Waals surface area contributed by atoms with Gasteiger partial charge in [-0.2, -0.15) is 0 Å². The molecule has 6 heteroatoms. The van der Waals surface area contributed by atoms with Crippen LogP contribution in [-0.4, -0.2) is 37.3 Å². The van der Waals surface area contributed by atoms with Crippen LogP contribution >= 0.6 is 11.8 Å². The van der Waals surface area contributed by atoms with Crippen molar-refractivity contribution in [2.24, 2.45) is 0 Å². The first-order chi connectivity index (χ1) is 10.1. The normalized spacial score (nSPS) is 18.1. The molecule has 21 heavy (non-hydrogen) atoms. The van der Waals surface area contributed by atoms with Gasteiger partial charge in [-0.1, -0.05) is 19.3 Å². The van der Waals surface area contributed by atoms with E-state index in [-0.39, 0.29) is 5.75 Å². The van der Waals surface area contributed by atoms with Gasteiger partial charge in [-0.25, -0.2) is 12.7 Å². The SMILES string of the molecule is Nc1ccc(SCCS(=O)(=O)N2CCCCCCC2)cc1. The van der Waals surface area contributed by atoms with Crippen molar-refractivity contribution in [1.29, 1.82) is 0 Å². The van der Waals surface area contributed by atoms with Gasteiger partial charge in [0.15, 0.2) is 0 Å². The van der Waals surface area contributed by atoms with Gasteiger partial charge in [-0.3, -0.25) is 0 Å². The van der Waals surface area contributed by atoms with E-state index in [1.165, 1.54) is 6.42 Å². The fourth-order valence-electron chi connectivity index (χ4n) is 2.45. The van der Waals surface area contributed by atoms with Crippen molar-refractivity contribution in [1.82, 2.24) is 4.31 Å². The predicted octanol–water partition coefficient (Wildman–Crippen LogP) is 2.96. The molecule has 0 bridgehead atoms. The molecule has 0 spiro atoms. The van der Waals surface area contributed by atoms with E-state index in [2.05, 4.69) is 0 Å². The fraction of sp³-hybridized carbons (Fsp3) is 0.600. The summed E-state index contributed by atoms with van der Waals surface area (Å²) in [5.74, 6) is 0.796. The standard InChI is InChI=1S/C15H24N2O2S2/c16-14-6-8-15(9-7-14)20-12-13-21(18,19)17-10-4-2-1-3-5-11-17/h6-9H,1-5,10-13,16H2. The highest BCUT2D eigenvalue weighted by Gasteiger charge is 2.21. The number of benzene rings is 1. The first-order valence-electron chi connectivity index (χ1n) is 7.54. The van der Waals surface area contributed by atoms with E-state index in [1.807, 2.05) is 24.3 Å². The minimum atomic E-state index is -3.11. The summed E-state index contributed by atoms with van der Waals surface area (Å²) in [4.78, 5) is 1.06. The third-order valence-electron chi connectivity index (χ3n) is 3.70. The summed E-state index contributed by atoms with van der Waals surface area (Å²) < 4.78 is 26.5. The Hall–Kier alpha value is -0.720. The maximum atomic E-state index is 12.4. The Kier molecular flexibility index (Phi) is 6.39. The van der Waals surface area contributed by atoms with Crippen LogP contribution in [0, 0.1) is 0 Å². The monoisotopic (exact) mass is 328 g/mol. The van der Waals surface area contributed by atoms with E-state index in [4.69, 9.17) is 5.73 Å². The number of thioether (sulfide) groups is 1. The number of hydrogen-bond donors (Lipinski definition) is 1. The first kappa shape index (κ1) is 16.6. The van der Waals surface area contributed by atoms with Crippen LogP contribution in [0.5, 0.6) is 0 Å². The topological polar surface area (TPSA) is 63.4 Å². The molecule has 1 fully saturated rings. The summed E-state index contributed by atoms with van der Waals surface area (Å²) in [5, 5.41) is 0. The molecular formula is C15H24N2O2S2. The molecular weight excluding hydrogens is 304 g/mol. The van der Waals surface area contributed by atoms with Crippen molar-refractivity contribution < 1.29 is 8.42 Å². The Balaban J connectivity index is 1.83. The number of nitrogens with zero attached hydrogens (tertiary/aromatic N) is 1. The average molecular weight is 329 g/mol. The maximum absolute atomic E-state index is 12.4. The molecule has 2 rings (SSSR count). The fourth-order valence-corrected chi connectivity index (χ4v) is 5.27. The molecule has 0 unspecified atom stereocenters. The van der Waals surface area contributed by atoms with E-state index < -0.39 is 10.0 Å². The van der Waals surface area contributed by atoms with E-state index >= 15 is 0 Å². The zero-order valence-electron chi connectivity index (χ0n) is 12.3. The van der Waals surface area contributed by atoms with Crippen molar-refractivity contribution in [3.8, 4) is 0 Å². The molecule has 0 amide bonds. The van der Waals surface area contributed by atoms with Crippen LogP contribution in [0.3, 0.4) is 0 Å². The highest BCUT2D eigenvalue weighted by atomic mass is 32.2. The van der Waals surface area contributed by atoms with Crippen LogP contribution in [0.4, 0.5) is 5.69 Å². The van der Waals surface area contributed by atoms with Gasteiger partial charge in [0.2, 0.25) is 10.0 Å². The molecule has 0 aromatic heterocycles. The van der Waals surface area contributed by atoms with Crippen LogP contribution in [0.2, 0.25) is 0 Å². The lowest BCUT2D eigenvalue weighted by Gasteiger charge is -2.24. The van der Waals surface area contributed by atoms with Crippen molar-refractivity contribution in [3.63, 3.8) is 0 Å². The Morgan fingerprint density at radius 3 is 2.19 bits per heavy atom. The van der Waals surface area contributed by atoms with Crippen LogP contribution in [0.25, 0.3) is 0 Å². The highest BCUT2D eigenvalue weighted by molar-refractivity contribution is 8.00. The first-order valence-corrected chi connectivity index (χ1v) is 10.1. The number of nitrogens with two attached hydrogens (primary N) is 1. The molecule has 0 aliphatic carbocycles. The lowest BCUT2D eigenvalue weighted by atomic mass is 10.1. The van der Waals surface area contributed by atoms with E-state index in [0.29, 0.717) is 18.8 Å². The maximum Gasteiger partial charge on any atom is 0.214 e. The van der Waals surface area contributed by atoms with Crippen LogP contribution in [0.1, 0.15) is 32.1 Å². The second-order valence-corrected chi connectivity index (χ2v) is 8.66. The lowest BCUT2D eigenvalue weighted by molar-refractivity contribution is 0.365. The summed E-state index contributed by atoms with van der Waals surface area (Å²) in [6.45, 7) is 1.38. The molecule has 1 aliphatic rings. The van der Waals surface area contributed by atoms with Crippen molar-refractivity contribution in [2.45, 2.75) is 37.0 Å². The van der Waals surface area contributed by atoms with Crippen LogP contribution in [0.15, 0.2) is 29.2 Å². The van der Waals surface area contributed by atoms with Gasteiger partial charge in [0.25, 0.3) is 0 Å². The third-order valence-corrected chi connectivity index (χ3v) is 6.84. The van der Waals surface area contributed by atoms with Crippen molar-refractivity contribution in [3.05, 3.63) is 24.3 Å². The number of nitrogen functional groups attached to an aromatic ring is 1. The molecule has 1 aromatic carbocycles. The van der Waals surface area contributed by atoms with Gasteiger partial charge in [-0.15, -0.1) is 11.8 Å². The van der Waals surface area contributed by atoms with Gasteiger partial charge in [-0.05, 0) is 37.1 Å². The summed E-state index contributed by atoms with van der Waals surface area (Å²) in [7, 11) is -3.11. The van der Waals surface area contributed by atoms with Crippen LogP contribution < -0.4 is 5.73 Å². The smallest absolute Gasteiger partial charge is 0.214 e. The van der Waals surface area contributed by atoms with Crippen LogP contribution in [-0.2, 0) is 10.0 Å². The number of hydrogen-bond acceptors (Lipinski definition) is 4. The largest absolute Gasteiger partial charge is 0.399 e. The molecule has 4 nitrogen and oxygen atoms in total. The number of anilines is 1. The molecule has 0 saturated carbocycles. The minimum absolute atomic E-state index is 0.210. The second-order valence-electron chi connectivity index (χ2n) is 5.40. The number of rotatable bonds is 5. The van der Waals surface area contributed by atoms with Gasteiger partial charge in [0.1, 0.15) is 0 Å². The van der Waals surface area contributed by atoms with Gasteiger partial charge in [0, 0.05) is 29.4 Å². The van der Waals surface area contributed by atoms with Crippen molar-refractivity contribution >= 4 is 27.5 Å². The highest BCUT2D eigenvalue weighted by Crippen LogP contribution is 2.20. The minimum Gasteiger partial charge on any atom is -0.399 e. The Morgan fingerprint density at radius 2 is 1.57 bits per heavy atom. The van der Waals surface area contributed by atoms with Crippen molar-refractivity contribution in [2.75, 3.05) is 30.3 Å². The number of sulfonamides is 1. The zero-order valence-corrected chi connectivity index (χ0v) is 14.0. The summed E-state index contributed by atoms with van der Waals surface area (Å²) in [6.07, 6.45) is 5.51. The van der Waals surface area contributed by atoms with E-state index in [1.54, 1.807) is 16.1 Å². The molecule has 1 saturated heterocycles. The predicted molar refractivity (Wildman–Crippen MR) is 90.0 cm³/mol. The molecule has 118 valence electrons. The summed E-state index contributed by atoms with van der Waals surface area (Å²) >= 11 is 1.57. The average Bonchev–Trinajstić information content (AvgIpc) is 2.40. The van der Waals surface area contributed by atoms with Gasteiger partial charge >= 0.3 is 0 Å². The molecule has 0 atom stereocenters. The second kappa shape index (κ2) is 8.06. The quantitative estimate of drug-likeness (QED) is 0.667. The Bertz CT molecular complexity index is 521. The van der Waals surface area contributed by atoms with Gasteiger partial charge < -0.3 is 5.73 Å². The van der Waals surface area contributed by atoms with E-state index in [9.17, 15) is 8.42 Å². The Labute approximate surface area is 132 Å². The molecule has 0 radical (unpaired) electrons. The summed E-state index contributed by atoms with van der Waals surface area (Å²) in [6, 6.07) is 7.55. The lowest BCUT2D eigenvalue weighted by Crippen LogP contribution is -2.36. The molecule has 1 aliphatic heterocycles. The molecule has 1 heterocycles. The molecule has 2 N–H and O–H groups in total. The Morgan fingerprint density at radius 1 is 1.00 bits per heavy atom. The molecule has 1 aromatic rings. The van der Waals surface area contributed by atoms with Gasteiger partial charge in [0.05, 0.1) is 5.75 Å². The summed E-state index contributed by atoms with van der Waals surface area (Å²) in [5.41, 5.74) is 6.37.